The van der Waals surface area contributed by atoms with Gasteiger partial charge in [-0.15, -0.1) is 11.3 Å². The minimum absolute atomic E-state index is 0.118. The molecule has 150 valence electrons. The number of aryl methyl sites for hydroxylation is 1. The summed E-state index contributed by atoms with van der Waals surface area (Å²) in [5.74, 6) is 0.107. The van der Waals surface area contributed by atoms with Crippen LogP contribution in [0.4, 0.5) is 11.4 Å². The van der Waals surface area contributed by atoms with Gasteiger partial charge in [-0.1, -0.05) is 13.0 Å². The summed E-state index contributed by atoms with van der Waals surface area (Å²) < 4.78 is 1.36. The van der Waals surface area contributed by atoms with Crippen LogP contribution in [-0.2, 0) is 29.0 Å². The lowest BCUT2D eigenvalue weighted by molar-refractivity contribution is -0.117. The van der Waals surface area contributed by atoms with E-state index in [-0.39, 0.29) is 23.9 Å². The summed E-state index contributed by atoms with van der Waals surface area (Å²) in [7, 11) is 0. The van der Waals surface area contributed by atoms with Crippen LogP contribution < -0.4 is 16.2 Å². The van der Waals surface area contributed by atoms with Crippen LogP contribution in [0.2, 0.25) is 0 Å². The van der Waals surface area contributed by atoms with Gasteiger partial charge in [0.1, 0.15) is 11.4 Å². The smallest absolute Gasteiger partial charge is 0.262 e. The molecule has 0 unspecified atom stereocenters. The first-order valence-electron chi connectivity index (χ1n) is 9.58. The fraction of sp³-hybridized carbons (Fsp3) is 0.333. The fourth-order valence-corrected chi connectivity index (χ4v) is 5.05. The Bertz CT molecular complexity index is 1160. The number of thiophene rings is 1. The summed E-state index contributed by atoms with van der Waals surface area (Å²) in [4.78, 5) is 43.1. The third-order valence-electron chi connectivity index (χ3n) is 5.06. The first-order chi connectivity index (χ1) is 13.9. The van der Waals surface area contributed by atoms with E-state index >= 15 is 0 Å². The molecule has 1 aliphatic rings. The van der Waals surface area contributed by atoms with Crippen LogP contribution in [0, 0.1) is 5.92 Å². The molecule has 1 atom stereocenters. The first-order valence-corrected chi connectivity index (χ1v) is 10.4. The Labute approximate surface area is 171 Å². The van der Waals surface area contributed by atoms with Crippen molar-refractivity contribution in [2.75, 3.05) is 10.6 Å². The molecule has 1 aromatic carbocycles. The van der Waals surface area contributed by atoms with E-state index in [0.717, 1.165) is 29.7 Å². The van der Waals surface area contributed by atoms with Crippen molar-refractivity contribution in [1.29, 1.82) is 0 Å². The molecule has 3 aromatic rings. The average Bonchev–Trinajstić information content (AvgIpc) is 3.02. The normalized spacial score (nSPS) is 15.7. The topological polar surface area (TPSA) is 93.1 Å². The molecule has 29 heavy (non-hydrogen) atoms. The number of aromatic nitrogens is 2. The summed E-state index contributed by atoms with van der Waals surface area (Å²) in [6, 6.07) is 6.86. The first kappa shape index (κ1) is 19.3. The van der Waals surface area contributed by atoms with Gasteiger partial charge < -0.3 is 10.6 Å². The number of benzene rings is 1. The van der Waals surface area contributed by atoms with Crippen LogP contribution in [0.5, 0.6) is 0 Å². The van der Waals surface area contributed by atoms with Crippen molar-refractivity contribution < 1.29 is 9.59 Å². The predicted molar refractivity (Wildman–Crippen MR) is 114 cm³/mol. The van der Waals surface area contributed by atoms with E-state index in [1.807, 2.05) is 0 Å². The lowest BCUT2D eigenvalue weighted by atomic mass is 9.89. The Kier molecular flexibility index (Phi) is 5.19. The van der Waals surface area contributed by atoms with Crippen LogP contribution in [0.1, 0.15) is 30.7 Å². The quantitative estimate of drug-likeness (QED) is 0.691. The van der Waals surface area contributed by atoms with Crippen molar-refractivity contribution in [3.05, 3.63) is 51.4 Å². The molecule has 0 saturated heterocycles. The van der Waals surface area contributed by atoms with Gasteiger partial charge in [-0.05, 0) is 48.9 Å². The van der Waals surface area contributed by atoms with Crippen molar-refractivity contribution in [2.24, 2.45) is 5.92 Å². The summed E-state index contributed by atoms with van der Waals surface area (Å²) in [6.45, 7) is 3.53. The van der Waals surface area contributed by atoms with Crippen LogP contribution in [0.3, 0.4) is 0 Å². The Hall–Kier alpha value is -3.00. The maximum Gasteiger partial charge on any atom is 0.262 e. The highest BCUT2D eigenvalue weighted by Crippen LogP contribution is 2.35. The second-order valence-electron chi connectivity index (χ2n) is 7.52. The average molecular weight is 410 g/mol. The molecule has 0 radical (unpaired) electrons. The zero-order valence-electron chi connectivity index (χ0n) is 16.3. The predicted octanol–water partition coefficient (Wildman–Crippen LogP) is 3.18. The number of rotatable bonds is 4. The highest BCUT2D eigenvalue weighted by atomic mass is 32.1. The zero-order valence-corrected chi connectivity index (χ0v) is 17.1. The van der Waals surface area contributed by atoms with Gasteiger partial charge in [0.15, 0.2) is 0 Å². The van der Waals surface area contributed by atoms with Crippen LogP contribution in [0.15, 0.2) is 35.4 Å². The van der Waals surface area contributed by atoms with Gasteiger partial charge in [-0.25, -0.2) is 4.98 Å². The maximum atomic E-state index is 13.0. The number of hydrogen-bond donors (Lipinski definition) is 2. The maximum absolute atomic E-state index is 13.0. The van der Waals surface area contributed by atoms with E-state index in [4.69, 9.17) is 0 Å². The van der Waals surface area contributed by atoms with Gasteiger partial charge in [0.05, 0.1) is 11.7 Å². The Morgan fingerprint density at radius 2 is 2.03 bits per heavy atom. The lowest BCUT2D eigenvalue weighted by Gasteiger charge is -2.17. The number of nitrogens with zero attached hydrogens (tertiary/aromatic N) is 2. The SMILES string of the molecule is CC(=O)Nc1cccc(NC(=O)Cn2cnc3sc4c(c3c2=O)CC[C@@H](C)C4)c1. The molecule has 2 aromatic heterocycles. The van der Waals surface area contributed by atoms with E-state index < -0.39 is 0 Å². The molecule has 0 saturated carbocycles. The molecule has 0 aliphatic heterocycles. The Morgan fingerprint density at radius 3 is 2.79 bits per heavy atom. The summed E-state index contributed by atoms with van der Waals surface area (Å²) in [5, 5.41) is 6.10. The van der Waals surface area contributed by atoms with Gasteiger partial charge in [0, 0.05) is 23.2 Å². The van der Waals surface area contributed by atoms with E-state index in [1.54, 1.807) is 35.6 Å². The number of fused-ring (bicyclic) bond motifs is 3. The number of anilines is 2. The standard InChI is InChI=1S/C21H22N4O3S/c1-12-6-7-16-17(8-12)29-20-19(16)21(28)25(11-22-20)10-18(27)24-15-5-3-4-14(9-15)23-13(2)26/h3-5,9,11-12H,6-8,10H2,1-2H3,(H,23,26)(H,24,27)/t12-/m1/s1. The molecule has 8 heteroatoms. The minimum atomic E-state index is -0.328. The summed E-state index contributed by atoms with van der Waals surface area (Å²) >= 11 is 1.59. The second-order valence-corrected chi connectivity index (χ2v) is 8.60. The van der Waals surface area contributed by atoms with Gasteiger partial charge in [-0.2, -0.15) is 0 Å². The van der Waals surface area contributed by atoms with E-state index in [0.29, 0.717) is 22.7 Å². The number of nitrogens with one attached hydrogen (secondary N) is 2. The zero-order chi connectivity index (χ0) is 20.5. The fourth-order valence-electron chi connectivity index (χ4n) is 3.71. The lowest BCUT2D eigenvalue weighted by Crippen LogP contribution is -2.28. The van der Waals surface area contributed by atoms with Gasteiger partial charge in [0.25, 0.3) is 5.56 Å². The van der Waals surface area contributed by atoms with Crippen molar-refractivity contribution in [3.8, 4) is 0 Å². The van der Waals surface area contributed by atoms with Crippen LogP contribution in [0.25, 0.3) is 10.2 Å². The number of amides is 2. The minimum Gasteiger partial charge on any atom is -0.326 e. The van der Waals surface area contributed by atoms with Crippen molar-refractivity contribution in [2.45, 2.75) is 39.7 Å². The number of carbonyl (C=O) groups excluding carboxylic acids is 2. The van der Waals surface area contributed by atoms with Gasteiger partial charge in [0.2, 0.25) is 11.8 Å². The molecule has 2 heterocycles. The van der Waals surface area contributed by atoms with E-state index in [9.17, 15) is 14.4 Å². The van der Waals surface area contributed by atoms with Crippen molar-refractivity contribution >= 4 is 44.7 Å². The van der Waals surface area contributed by atoms with E-state index in [1.165, 1.54) is 22.7 Å². The summed E-state index contributed by atoms with van der Waals surface area (Å²) in [6.07, 6.45) is 4.39. The van der Waals surface area contributed by atoms with Crippen molar-refractivity contribution in [1.82, 2.24) is 9.55 Å². The molecule has 2 amide bonds. The molecular formula is C21H22N4O3S. The largest absolute Gasteiger partial charge is 0.326 e. The Balaban J connectivity index is 1.55. The summed E-state index contributed by atoms with van der Waals surface area (Å²) in [5.41, 5.74) is 2.09. The number of carbonyl (C=O) groups is 2. The monoisotopic (exact) mass is 410 g/mol. The highest BCUT2D eigenvalue weighted by molar-refractivity contribution is 7.18. The molecular weight excluding hydrogens is 388 g/mol. The molecule has 4 rings (SSSR count). The van der Waals surface area contributed by atoms with E-state index in [2.05, 4.69) is 22.5 Å². The van der Waals surface area contributed by atoms with Crippen LogP contribution in [-0.4, -0.2) is 21.4 Å². The Morgan fingerprint density at radius 1 is 1.28 bits per heavy atom. The molecule has 0 spiro atoms. The second kappa shape index (κ2) is 7.79. The molecule has 0 fully saturated rings. The molecule has 7 nitrogen and oxygen atoms in total. The highest BCUT2D eigenvalue weighted by Gasteiger charge is 2.23. The van der Waals surface area contributed by atoms with Crippen LogP contribution >= 0.6 is 11.3 Å². The number of hydrogen-bond acceptors (Lipinski definition) is 5. The van der Waals surface area contributed by atoms with Gasteiger partial charge in [-0.3, -0.25) is 19.0 Å². The molecule has 1 aliphatic carbocycles. The molecule has 2 N–H and O–H groups in total. The molecule has 0 bridgehead atoms. The third kappa shape index (κ3) is 4.07. The third-order valence-corrected chi connectivity index (χ3v) is 6.23. The van der Waals surface area contributed by atoms with Gasteiger partial charge >= 0.3 is 0 Å². The van der Waals surface area contributed by atoms with Crippen molar-refractivity contribution in [3.63, 3.8) is 0 Å².